The molecule has 0 radical (unpaired) electrons. The van der Waals surface area contributed by atoms with Crippen molar-refractivity contribution in [3.63, 3.8) is 0 Å². The van der Waals surface area contributed by atoms with Crippen LogP contribution in [-0.2, 0) is 6.54 Å². The largest absolute Gasteiger partial charge is 0.401 e. The van der Waals surface area contributed by atoms with Crippen LogP contribution in [0.3, 0.4) is 0 Å². The van der Waals surface area contributed by atoms with E-state index < -0.39 is 12.7 Å². The maximum atomic E-state index is 14.0. The van der Waals surface area contributed by atoms with Crippen molar-refractivity contribution in [2.45, 2.75) is 25.2 Å². The molecule has 0 amide bonds. The average molecular weight is 375 g/mol. The third kappa shape index (κ3) is 6.05. The topological polar surface area (TPSA) is 42.9 Å². The second kappa shape index (κ2) is 8.57. The lowest BCUT2D eigenvalue weighted by Gasteiger charge is -2.20. The van der Waals surface area contributed by atoms with Gasteiger partial charge in [-0.25, -0.2) is 4.39 Å². The molecule has 146 valence electrons. The highest BCUT2D eigenvalue weighted by atomic mass is 19.4. The van der Waals surface area contributed by atoms with E-state index in [4.69, 9.17) is 0 Å². The highest BCUT2D eigenvalue weighted by Crippen LogP contribution is 2.20. The highest BCUT2D eigenvalue weighted by molar-refractivity contribution is 5.80. The molecule has 1 heterocycles. The molecule has 2 N–H and O–H groups in total. The van der Waals surface area contributed by atoms with Crippen molar-refractivity contribution in [1.29, 1.82) is 0 Å². The fourth-order valence-corrected chi connectivity index (χ4v) is 2.94. The number of rotatable bonds is 5. The number of halogens is 4. The van der Waals surface area contributed by atoms with Crippen molar-refractivity contribution >= 4 is 11.6 Å². The number of benzene rings is 1. The van der Waals surface area contributed by atoms with E-state index in [1.807, 2.05) is 6.07 Å². The molecule has 1 fully saturated rings. The van der Waals surface area contributed by atoms with Crippen LogP contribution in [0.15, 0.2) is 23.2 Å². The van der Waals surface area contributed by atoms with Crippen LogP contribution >= 0.6 is 0 Å². The SMILES string of the molecule is CN=C(NCc1ccc(N(C)C)c(F)c1)NC1CCN(CC(F)(F)F)C1. The molecule has 5 nitrogen and oxygen atoms in total. The molecule has 0 aliphatic carbocycles. The summed E-state index contributed by atoms with van der Waals surface area (Å²) in [4.78, 5) is 7.16. The molecule has 1 aliphatic heterocycles. The first-order valence-corrected chi connectivity index (χ1v) is 8.40. The number of likely N-dealkylation sites (tertiary alicyclic amines) is 1. The molecular weight excluding hydrogens is 350 g/mol. The summed E-state index contributed by atoms with van der Waals surface area (Å²) in [7, 11) is 5.13. The zero-order valence-corrected chi connectivity index (χ0v) is 15.2. The van der Waals surface area contributed by atoms with Gasteiger partial charge in [0.2, 0.25) is 0 Å². The number of aliphatic imine (C=N–C) groups is 1. The Hall–Kier alpha value is -2.03. The molecular formula is C17H25F4N5. The zero-order chi connectivity index (χ0) is 19.3. The first kappa shape index (κ1) is 20.3. The van der Waals surface area contributed by atoms with Crippen molar-refractivity contribution < 1.29 is 17.6 Å². The number of hydrogen-bond acceptors (Lipinski definition) is 3. The van der Waals surface area contributed by atoms with Crippen LogP contribution in [0.25, 0.3) is 0 Å². The molecule has 0 bridgehead atoms. The second-order valence-electron chi connectivity index (χ2n) is 6.59. The third-order valence-corrected chi connectivity index (χ3v) is 4.19. The Labute approximate surface area is 151 Å². The minimum absolute atomic E-state index is 0.101. The van der Waals surface area contributed by atoms with Crippen LogP contribution in [-0.4, -0.2) is 63.9 Å². The standard InChI is InChI=1S/C17H25F4N5/c1-22-16(24-13-6-7-26(10-13)11-17(19,20)21)23-9-12-4-5-15(25(2)3)14(18)8-12/h4-5,8,13H,6-7,9-11H2,1-3H3,(H2,22,23,24). The van der Waals surface area contributed by atoms with Gasteiger partial charge in [-0.05, 0) is 24.1 Å². The average Bonchev–Trinajstić information content (AvgIpc) is 2.96. The van der Waals surface area contributed by atoms with E-state index in [9.17, 15) is 17.6 Å². The maximum absolute atomic E-state index is 14.0. The molecule has 0 spiro atoms. The molecule has 1 unspecified atom stereocenters. The summed E-state index contributed by atoms with van der Waals surface area (Å²) in [6.07, 6.45) is -3.57. The van der Waals surface area contributed by atoms with Gasteiger partial charge in [0, 0.05) is 46.8 Å². The van der Waals surface area contributed by atoms with Crippen LogP contribution in [0.5, 0.6) is 0 Å². The monoisotopic (exact) mass is 375 g/mol. The van der Waals surface area contributed by atoms with Crippen molar-refractivity contribution in [2.75, 3.05) is 45.7 Å². The Bertz CT molecular complexity index is 630. The van der Waals surface area contributed by atoms with Gasteiger partial charge >= 0.3 is 6.18 Å². The number of alkyl halides is 3. The van der Waals surface area contributed by atoms with Crippen LogP contribution in [0.2, 0.25) is 0 Å². The molecule has 2 rings (SSSR count). The lowest BCUT2D eigenvalue weighted by atomic mass is 10.2. The number of guanidine groups is 1. The van der Waals surface area contributed by atoms with E-state index in [2.05, 4.69) is 15.6 Å². The van der Waals surface area contributed by atoms with Gasteiger partial charge in [0.1, 0.15) is 5.82 Å². The lowest BCUT2D eigenvalue weighted by Crippen LogP contribution is -2.44. The summed E-state index contributed by atoms with van der Waals surface area (Å²) in [5, 5.41) is 6.19. The minimum atomic E-state index is -4.18. The van der Waals surface area contributed by atoms with E-state index >= 15 is 0 Å². The predicted molar refractivity (Wildman–Crippen MR) is 95.0 cm³/mol. The number of nitrogens with one attached hydrogen (secondary N) is 2. The van der Waals surface area contributed by atoms with Crippen LogP contribution in [0.4, 0.5) is 23.2 Å². The molecule has 9 heteroatoms. The van der Waals surface area contributed by atoms with Crippen molar-refractivity contribution in [3.8, 4) is 0 Å². The Balaban J connectivity index is 1.84. The summed E-state index contributed by atoms with van der Waals surface area (Å²) in [5.74, 6) is 0.178. The number of anilines is 1. The summed E-state index contributed by atoms with van der Waals surface area (Å²) < 4.78 is 51.4. The molecule has 0 saturated carbocycles. The van der Waals surface area contributed by atoms with Crippen LogP contribution < -0.4 is 15.5 Å². The van der Waals surface area contributed by atoms with Gasteiger partial charge in [0.15, 0.2) is 5.96 Å². The fourth-order valence-electron chi connectivity index (χ4n) is 2.94. The van der Waals surface area contributed by atoms with Gasteiger partial charge in [0.05, 0.1) is 12.2 Å². The molecule has 1 aliphatic rings. The fraction of sp³-hybridized carbons (Fsp3) is 0.588. The quantitative estimate of drug-likeness (QED) is 0.470. The van der Waals surface area contributed by atoms with Crippen molar-refractivity contribution in [2.24, 2.45) is 4.99 Å². The number of hydrogen-bond donors (Lipinski definition) is 2. The van der Waals surface area contributed by atoms with E-state index in [0.717, 1.165) is 5.56 Å². The van der Waals surface area contributed by atoms with Gasteiger partial charge in [-0.15, -0.1) is 0 Å². The normalized spacial score (nSPS) is 18.9. The van der Waals surface area contributed by atoms with Crippen LogP contribution in [0.1, 0.15) is 12.0 Å². The number of nitrogens with zero attached hydrogens (tertiary/aromatic N) is 3. The van der Waals surface area contributed by atoms with Gasteiger partial charge < -0.3 is 15.5 Å². The Morgan fingerprint density at radius 1 is 1.35 bits per heavy atom. The van der Waals surface area contributed by atoms with Gasteiger partial charge in [-0.1, -0.05) is 6.07 Å². The van der Waals surface area contributed by atoms with Gasteiger partial charge in [0.25, 0.3) is 0 Å². The first-order valence-electron chi connectivity index (χ1n) is 8.40. The Morgan fingerprint density at radius 2 is 2.08 bits per heavy atom. The zero-order valence-electron chi connectivity index (χ0n) is 15.2. The molecule has 1 aromatic rings. The summed E-state index contributed by atoms with van der Waals surface area (Å²) >= 11 is 0. The van der Waals surface area contributed by atoms with Gasteiger partial charge in [-0.3, -0.25) is 9.89 Å². The smallest absolute Gasteiger partial charge is 0.375 e. The Kier molecular flexibility index (Phi) is 6.69. The highest BCUT2D eigenvalue weighted by Gasteiger charge is 2.34. The minimum Gasteiger partial charge on any atom is -0.375 e. The van der Waals surface area contributed by atoms with Gasteiger partial charge in [-0.2, -0.15) is 13.2 Å². The van der Waals surface area contributed by atoms with E-state index in [1.54, 1.807) is 32.1 Å². The Morgan fingerprint density at radius 3 is 2.65 bits per heavy atom. The molecule has 26 heavy (non-hydrogen) atoms. The van der Waals surface area contributed by atoms with E-state index in [1.165, 1.54) is 11.0 Å². The predicted octanol–water partition coefficient (Wildman–Crippen LogP) is 2.19. The lowest BCUT2D eigenvalue weighted by molar-refractivity contribution is -0.143. The van der Waals surface area contributed by atoms with E-state index in [0.29, 0.717) is 37.7 Å². The summed E-state index contributed by atoms with van der Waals surface area (Å²) in [6.45, 7) is 0.176. The molecule has 0 aromatic heterocycles. The molecule has 1 atom stereocenters. The molecule has 1 saturated heterocycles. The first-order chi connectivity index (χ1) is 12.2. The van der Waals surface area contributed by atoms with Crippen molar-refractivity contribution in [3.05, 3.63) is 29.6 Å². The third-order valence-electron chi connectivity index (χ3n) is 4.19. The molecule has 1 aromatic carbocycles. The van der Waals surface area contributed by atoms with Crippen molar-refractivity contribution in [1.82, 2.24) is 15.5 Å². The van der Waals surface area contributed by atoms with E-state index in [-0.39, 0.29) is 11.9 Å². The van der Waals surface area contributed by atoms with Crippen LogP contribution in [0, 0.1) is 5.82 Å². The maximum Gasteiger partial charge on any atom is 0.401 e. The second-order valence-corrected chi connectivity index (χ2v) is 6.59. The summed E-state index contributed by atoms with van der Waals surface area (Å²) in [6, 6.07) is 4.88. The summed E-state index contributed by atoms with van der Waals surface area (Å²) in [5.41, 5.74) is 1.26.